The van der Waals surface area contributed by atoms with Crippen LogP contribution in [0.3, 0.4) is 0 Å². The van der Waals surface area contributed by atoms with E-state index in [0.717, 1.165) is 12.8 Å². The molecule has 0 saturated carbocycles. The van der Waals surface area contributed by atoms with Crippen molar-refractivity contribution in [1.29, 1.82) is 0 Å². The Labute approximate surface area is 97.2 Å². The molecule has 1 unspecified atom stereocenters. The summed E-state index contributed by atoms with van der Waals surface area (Å²) in [5.74, 6) is -0.580. The van der Waals surface area contributed by atoms with Gasteiger partial charge in [0.2, 0.25) is 11.8 Å². The van der Waals surface area contributed by atoms with Gasteiger partial charge in [0.25, 0.3) is 0 Å². The maximum absolute atomic E-state index is 11.6. The van der Waals surface area contributed by atoms with E-state index in [1.165, 1.54) is 0 Å². The second kappa shape index (κ2) is 6.48. The first-order valence-electron chi connectivity index (χ1n) is 5.66. The Balaban J connectivity index is 4.10. The van der Waals surface area contributed by atoms with E-state index in [4.69, 9.17) is 5.73 Å². The summed E-state index contributed by atoms with van der Waals surface area (Å²) in [5.41, 5.74) is 4.33. The maximum Gasteiger partial charge on any atom is 0.237 e. The van der Waals surface area contributed by atoms with Crippen LogP contribution in [0.4, 0.5) is 0 Å². The Morgan fingerprint density at radius 3 is 2.38 bits per heavy atom. The molecule has 2 amide bonds. The smallest absolute Gasteiger partial charge is 0.237 e. The van der Waals surface area contributed by atoms with Crippen LogP contribution in [0.15, 0.2) is 0 Å². The lowest BCUT2D eigenvalue weighted by molar-refractivity contribution is -0.126. The third-order valence-corrected chi connectivity index (χ3v) is 2.42. The number of nitrogens with two attached hydrogens (primary N) is 1. The summed E-state index contributed by atoms with van der Waals surface area (Å²) in [6, 6.07) is -0.431. The number of rotatable bonds is 7. The third-order valence-electron chi connectivity index (χ3n) is 2.42. The molecule has 16 heavy (non-hydrogen) atoms. The number of hydrogen-bond donors (Lipinski definition) is 3. The lowest BCUT2D eigenvalue weighted by Crippen LogP contribution is -2.57. The van der Waals surface area contributed by atoms with Crippen LogP contribution in [0.2, 0.25) is 0 Å². The lowest BCUT2D eigenvalue weighted by Gasteiger charge is -2.26. The van der Waals surface area contributed by atoms with Crippen molar-refractivity contribution in [1.82, 2.24) is 10.6 Å². The average molecular weight is 229 g/mol. The van der Waals surface area contributed by atoms with Crippen molar-refractivity contribution < 1.29 is 9.59 Å². The predicted molar refractivity (Wildman–Crippen MR) is 63.8 cm³/mol. The minimum Gasteiger partial charge on any atom is -0.368 e. The van der Waals surface area contributed by atoms with E-state index in [1.807, 2.05) is 0 Å². The number of amides is 2. The number of carbonyl (C=O) groups excluding carboxylic acids is 2. The SMILES string of the molecule is CCCCNC(=O)C(C)NC(C)(C)C(N)=O. The first-order valence-corrected chi connectivity index (χ1v) is 5.66. The van der Waals surface area contributed by atoms with Gasteiger partial charge in [0.1, 0.15) is 0 Å². The first-order chi connectivity index (χ1) is 7.31. The van der Waals surface area contributed by atoms with E-state index in [0.29, 0.717) is 6.54 Å². The van der Waals surface area contributed by atoms with Crippen LogP contribution in [0.25, 0.3) is 0 Å². The van der Waals surface area contributed by atoms with Crippen molar-refractivity contribution in [2.45, 2.75) is 52.1 Å². The van der Waals surface area contributed by atoms with Gasteiger partial charge in [-0.25, -0.2) is 0 Å². The Morgan fingerprint density at radius 2 is 1.94 bits per heavy atom. The molecule has 1 atom stereocenters. The molecule has 0 bridgehead atoms. The molecule has 0 aromatic rings. The monoisotopic (exact) mass is 229 g/mol. The van der Waals surface area contributed by atoms with Gasteiger partial charge in [0.15, 0.2) is 0 Å². The zero-order valence-corrected chi connectivity index (χ0v) is 10.6. The second-order valence-electron chi connectivity index (χ2n) is 4.50. The van der Waals surface area contributed by atoms with Gasteiger partial charge in [0.05, 0.1) is 11.6 Å². The van der Waals surface area contributed by atoms with Gasteiger partial charge in [-0.05, 0) is 27.2 Å². The summed E-state index contributed by atoms with van der Waals surface area (Å²) < 4.78 is 0. The van der Waals surface area contributed by atoms with Gasteiger partial charge < -0.3 is 11.1 Å². The molecule has 5 heteroatoms. The molecule has 0 saturated heterocycles. The Bertz CT molecular complexity index is 252. The number of nitrogens with one attached hydrogen (secondary N) is 2. The number of unbranched alkanes of at least 4 members (excludes halogenated alkanes) is 1. The Hall–Kier alpha value is -1.10. The molecule has 0 rings (SSSR count). The van der Waals surface area contributed by atoms with Crippen LogP contribution in [0.1, 0.15) is 40.5 Å². The first kappa shape index (κ1) is 14.9. The van der Waals surface area contributed by atoms with E-state index in [2.05, 4.69) is 17.6 Å². The van der Waals surface area contributed by atoms with E-state index >= 15 is 0 Å². The van der Waals surface area contributed by atoms with Gasteiger partial charge in [-0.1, -0.05) is 13.3 Å². The Kier molecular flexibility index (Phi) is 6.03. The molecule has 0 aromatic carbocycles. The van der Waals surface area contributed by atoms with Crippen molar-refractivity contribution in [3.05, 3.63) is 0 Å². The van der Waals surface area contributed by atoms with E-state index in [9.17, 15) is 9.59 Å². The standard InChI is InChI=1S/C11H23N3O2/c1-5-6-7-13-9(15)8(2)14-11(3,4)10(12)16/h8,14H,5-7H2,1-4H3,(H2,12,16)(H,13,15). The highest BCUT2D eigenvalue weighted by Crippen LogP contribution is 2.02. The van der Waals surface area contributed by atoms with Gasteiger partial charge in [-0.3, -0.25) is 14.9 Å². The van der Waals surface area contributed by atoms with E-state index < -0.39 is 17.5 Å². The normalized spacial score (nSPS) is 13.2. The highest BCUT2D eigenvalue weighted by Gasteiger charge is 2.28. The maximum atomic E-state index is 11.6. The molecule has 94 valence electrons. The summed E-state index contributed by atoms with van der Waals surface area (Å²) in [6.45, 7) is 7.75. The van der Waals surface area contributed by atoms with Crippen LogP contribution in [0.5, 0.6) is 0 Å². The summed E-state index contributed by atoms with van der Waals surface area (Å²) in [6.07, 6.45) is 1.99. The number of primary amides is 1. The molecular formula is C11H23N3O2. The van der Waals surface area contributed by atoms with Crippen molar-refractivity contribution in [2.24, 2.45) is 5.73 Å². The Morgan fingerprint density at radius 1 is 1.38 bits per heavy atom. The molecule has 0 radical (unpaired) electrons. The molecule has 0 heterocycles. The molecule has 5 nitrogen and oxygen atoms in total. The third kappa shape index (κ3) is 5.11. The van der Waals surface area contributed by atoms with Gasteiger partial charge in [0, 0.05) is 6.54 Å². The fraction of sp³-hybridized carbons (Fsp3) is 0.818. The quantitative estimate of drug-likeness (QED) is 0.543. The molecule has 0 aliphatic carbocycles. The van der Waals surface area contributed by atoms with Crippen LogP contribution in [-0.2, 0) is 9.59 Å². The van der Waals surface area contributed by atoms with Gasteiger partial charge in [-0.15, -0.1) is 0 Å². The van der Waals surface area contributed by atoms with Gasteiger partial charge >= 0.3 is 0 Å². The van der Waals surface area contributed by atoms with Crippen LogP contribution in [0, 0.1) is 0 Å². The zero-order valence-electron chi connectivity index (χ0n) is 10.6. The van der Waals surface area contributed by atoms with Crippen molar-refractivity contribution >= 4 is 11.8 Å². The fourth-order valence-electron chi connectivity index (χ4n) is 1.22. The van der Waals surface area contributed by atoms with E-state index in [1.54, 1.807) is 20.8 Å². The van der Waals surface area contributed by atoms with Crippen LogP contribution in [-0.4, -0.2) is 29.9 Å². The van der Waals surface area contributed by atoms with Crippen molar-refractivity contribution in [3.63, 3.8) is 0 Å². The summed E-state index contributed by atoms with van der Waals surface area (Å²) in [4.78, 5) is 22.7. The largest absolute Gasteiger partial charge is 0.368 e. The molecule has 0 aromatic heterocycles. The summed E-state index contributed by atoms with van der Waals surface area (Å²) >= 11 is 0. The lowest BCUT2D eigenvalue weighted by atomic mass is 10.0. The molecular weight excluding hydrogens is 206 g/mol. The molecule has 4 N–H and O–H groups in total. The minimum atomic E-state index is -0.873. The molecule has 0 aliphatic heterocycles. The van der Waals surface area contributed by atoms with Gasteiger partial charge in [-0.2, -0.15) is 0 Å². The highest BCUT2D eigenvalue weighted by atomic mass is 16.2. The average Bonchev–Trinajstić information content (AvgIpc) is 2.17. The molecule has 0 fully saturated rings. The topological polar surface area (TPSA) is 84.2 Å². The van der Waals surface area contributed by atoms with E-state index in [-0.39, 0.29) is 5.91 Å². The van der Waals surface area contributed by atoms with Crippen LogP contribution < -0.4 is 16.4 Å². The summed E-state index contributed by atoms with van der Waals surface area (Å²) in [7, 11) is 0. The minimum absolute atomic E-state index is 0.109. The van der Waals surface area contributed by atoms with Crippen molar-refractivity contribution in [3.8, 4) is 0 Å². The fourth-order valence-corrected chi connectivity index (χ4v) is 1.22. The molecule has 0 aliphatic rings. The predicted octanol–water partition coefficient (Wildman–Crippen LogP) is 0.145. The highest BCUT2D eigenvalue weighted by molar-refractivity contribution is 5.86. The summed E-state index contributed by atoms with van der Waals surface area (Å²) in [5, 5.41) is 5.69. The van der Waals surface area contributed by atoms with Crippen molar-refractivity contribution in [2.75, 3.05) is 6.54 Å². The zero-order chi connectivity index (χ0) is 12.8. The molecule has 0 spiro atoms. The van der Waals surface area contributed by atoms with Crippen LogP contribution >= 0.6 is 0 Å². The second-order valence-corrected chi connectivity index (χ2v) is 4.50. The number of hydrogen-bond acceptors (Lipinski definition) is 3. The number of carbonyl (C=O) groups is 2.